The van der Waals surface area contributed by atoms with E-state index in [-0.39, 0.29) is 5.56 Å². The number of aromatic nitrogens is 2. The molecule has 0 spiro atoms. The van der Waals surface area contributed by atoms with Crippen LogP contribution in [-0.2, 0) is 0 Å². The molecule has 0 saturated carbocycles. The fourth-order valence-electron chi connectivity index (χ4n) is 1.65. The summed E-state index contributed by atoms with van der Waals surface area (Å²) in [5, 5.41) is 9.15. The van der Waals surface area contributed by atoms with Gasteiger partial charge >= 0.3 is 5.97 Å². The predicted molar refractivity (Wildman–Crippen MR) is 67.1 cm³/mol. The number of aromatic carboxylic acids is 1. The van der Waals surface area contributed by atoms with Crippen LogP contribution in [0.25, 0.3) is 11.3 Å². The molecule has 1 aromatic heterocycles. The summed E-state index contributed by atoms with van der Waals surface area (Å²) < 4.78 is 0. The van der Waals surface area contributed by atoms with Gasteiger partial charge in [0, 0.05) is 17.3 Å². The molecule has 0 aliphatic heterocycles. The van der Waals surface area contributed by atoms with E-state index in [1.807, 2.05) is 0 Å². The van der Waals surface area contributed by atoms with Crippen LogP contribution < -0.4 is 0 Å². The van der Waals surface area contributed by atoms with Crippen LogP contribution in [-0.4, -0.2) is 21.0 Å². The normalized spacial score (nSPS) is 9.78. The highest BCUT2D eigenvalue weighted by atomic mass is 16.4. The number of carbonyl (C=O) groups is 1. The minimum Gasteiger partial charge on any atom is -0.478 e. The summed E-state index contributed by atoms with van der Waals surface area (Å²) >= 11 is 0. The van der Waals surface area contributed by atoms with Gasteiger partial charge in [0.1, 0.15) is 11.4 Å². The number of rotatable bonds is 2. The van der Waals surface area contributed by atoms with Gasteiger partial charge in [-0.2, -0.15) is 0 Å². The van der Waals surface area contributed by atoms with Crippen molar-refractivity contribution in [3.63, 3.8) is 0 Å². The Morgan fingerprint density at radius 1 is 1.39 bits per heavy atom. The van der Waals surface area contributed by atoms with Crippen LogP contribution in [0.2, 0.25) is 0 Å². The zero-order valence-electron chi connectivity index (χ0n) is 9.71. The summed E-state index contributed by atoms with van der Waals surface area (Å²) in [7, 11) is 0. The molecule has 18 heavy (non-hydrogen) atoms. The lowest BCUT2D eigenvalue weighted by atomic mass is 10.0. The highest BCUT2D eigenvalue weighted by Crippen LogP contribution is 2.24. The van der Waals surface area contributed by atoms with Crippen molar-refractivity contribution in [3.05, 3.63) is 47.4 Å². The molecule has 2 rings (SSSR count). The molecule has 0 atom stereocenters. The van der Waals surface area contributed by atoms with Crippen molar-refractivity contribution >= 4 is 5.97 Å². The first-order valence-electron chi connectivity index (χ1n) is 5.26. The summed E-state index contributed by atoms with van der Waals surface area (Å²) in [5.41, 5.74) is 1.63. The van der Waals surface area contributed by atoms with Gasteiger partial charge in [-0.25, -0.2) is 14.8 Å². The van der Waals surface area contributed by atoms with Gasteiger partial charge in [-0.15, -0.1) is 6.42 Å². The maximum atomic E-state index is 11.2. The molecule has 0 aliphatic rings. The minimum atomic E-state index is -1.07. The minimum absolute atomic E-state index is 0.0447. The molecule has 0 aliphatic carbocycles. The summed E-state index contributed by atoms with van der Waals surface area (Å²) in [6.45, 7) is 1.70. The van der Waals surface area contributed by atoms with Gasteiger partial charge in [0.2, 0.25) is 0 Å². The average molecular weight is 238 g/mol. The van der Waals surface area contributed by atoms with Crippen molar-refractivity contribution in [3.8, 4) is 23.6 Å². The standard InChI is InChI=1S/C14H10N2O2/c1-3-10-6-4-5-7-11(10)13-12(14(17)18)8-15-9(2)16-13/h1,4-8H,2H3,(H,17,18). The average Bonchev–Trinajstić information content (AvgIpc) is 2.38. The van der Waals surface area contributed by atoms with E-state index in [0.29, 0.717) is 22.6 Å². The zero-order chi connectivity index (χ0) is 13.1. The van der Waals surface area contributed by atoms with Crippen LogP contribution in [0, 0.1) is 19.3 Å². The summed E-state index contributed by atoms with van der Waals surface area (Å²) in [6, 6.07) is 7.09. The van der Waals surface area contributed by atoms with Crippen LogP contribution in [0.5, 0.6) is 0 Å². The number of terminal acetylenes is 1. The van der Waals surface area contributed by atoms with Gasteiger partial charge in [0.05, 0.1) is 5.69 Å². The Balaban J connectivity index is 2.74. The highest BCUT2D eigenvalue weighted by molar-refractivity contribution is 5.95. The fraction of sp³-hybridized carbons (Fsp3) is 0.0714. The summed E-state index contributed by atoms with van der Waals surface area (Å²) in [6.07, 6.45) is 6.71. The topological polar surface area (TPSA) is 63.1 Å². The van der Waals surface area contributed by atoms with E-state index in [1.165, 1.54) is 6.20 Å². The Hall–Kier alpha value is -2.67. The van der Waals surface area contributed by atoms with E-state index >= 15 is 0 Å². The summed E-state index contributed by atoms with van der Waals surface area (Å²) in [5.74, 6) is 1.96. The van der Waals surface area contributed by atoms with Gasteiger partial charge in [-0.3, -0.25) is 0 Å². The molecule has 1 aromatic carbocycles. The van der Waals surface area contributed by atoms with Gasteiger partial charge in [-0.05, 0) is 13.0 Å². The van der Waals surface area contributed by atoms with Crippen molar-refractivity contribution < 1.29 is 9.90 Å². The summed E-state index contributed by atoms with van der Waals surface area (Å²) in [4.78, 5) is 19.3. The maximum absolute atomic E-state index is 11.2. The number of nitrogens with zero attached hydrogens (tertiary/aromatic N) is 2. The van der Waals surface area contributed by atoms with E-state index < -0.39 is 5.97 Å². The number of benzene rings is 1. The molecule has 0 saturated heterocycles. The maximum Gasteiger partial charge on any atom is 0.339 e. The van der Waals surface area contributed by atoms with E-state index in [9.17, 15) is 4.79 Å². The molecule has 0 fully saturated rings. The van der Waals surface area contributed by atoms with Crippen molar-refractivity contribution in [2.45, 2.75) is 6.92 Å². The van der Waals surface area contributed by atoms with Crippen molar-refractivity contribution in [1.29, 1.82) is 0 Å². The van der Waals surface area contributed by atoms with Crippen LogP contribution in [0.1, 0.15) is 21.7 Å². The van der Waals surface area contributed by atoms with Crippen LogP contribution in [0.15, 0.2) is 30.5 Å². The molecule has 88 valence electrons. The fourth-order valence-corrected chi connectivity index (χ4v) is 1.65. The number of hydrogen-bond acceptors (Lipinski definition) is 3. The first-order valence-corrected chi connectivity index (χ1v) is 5.26. The first kappa shape index (κ1) is 11.8. The third kappa shape index (κ3) is 2.06. The van der Waals surface area contributed by atoms with E-state index in [1.54, 1.807) is 31.2 Å². The lowest BCUT2D eigenvalue weighted by molar-refractivity contribution is 0.0697. The number of carboxylic acids is 1. The van der Waals surface area contributed by atoms with Crippen molar-refractivity contribution in [2.24, 2.45) is 0 Å². The molecular weight excluding hydrogens is 228 g/mol. The molecule has 1 N–H and O–H groups in total. The van der Waals surface area contributed by atoms with Gasteiger partial charge < -0.3 is 5.11 Å². The third-order valence-corrected chi connectivity index (χ3v) is 2.48. The molecule has 2 aromatic rings. The Bertz CT molecular complexity index is 657. The zero-order valence-corrected chi connectivity index (χ0v) is 9.71. The lowest BCUT2D eigenvalue weighted by Crippen LogP contribution is -2.05. The van der Waals surface area contributed by atoms with Crippen molar-refractivity contribution in [2.75, 3.05) is 0 Å². The Labute approximate surface area is 104 Å². The van der Waals surface area contributed by atoms with E-state index in [4.69, 9.17) is 11.5 Å². The molecule has 0 unspecified atom stereocenters. The Morgan fingerprint density at radius 2 is 2.11 bits per heavy atom. The van der Waals surface area contributed by atoms with Crippen LogP contribution in [0.4, 0.5) is 0 Å². The number of carboxylic acid groups (broad SMARTS) is 1. The molecule has 0 amide bonds. The monoisotopic (exact) mass is 238 g/mol. The quantitative estimate of drug-likeness (QED) is 0.814. The van der Waals surface area contributed by atoms with Crippen LogP contribution >= 0.6 is 0 Å². The SMILES string of the molecule is C#Cc1ccccc1-c1nc(C)ncc1C(=O)O. The Morgan fingerprint density at radius 3 is 2.78 bits per heavy atom. The Kier molecular flexibility index (Phi) is 3.07. The van der Waals surface area contributed by atoms with Crippen molar-refractivity contribution in [1.82, 2.24) is 9.97 Å². The van der Waals surface area contributed by atoms with E-state index in [0.717, 1.165) is 0 Å². The smallest absolute Gasteiger partial charge is 0.339 e. The second kappa shape index (κ2) is 4.68. The highest BCUT2D eigenvalue weighted by Gasteiger charge is 2.16. The van der Waals surface area contributed by atoms with Crippen LogP contribution in [0.3, 0.4) is 0 Å². The third-order valence-electron chi connectivity index (χ3n) is 2.48. The molecule has 0 radical (unpaired) electrons. The number of hydrogen-bond donors (Lipinski definition) is 1. The second-order valence-electron chi connectivity index (χ2n) is 3.67. The largest absolute Gasteiger partial charge is 0.478 e. The molecular formula is C14H10N2O2. The van der Waals surface area contributed by atoms with Gasteiger partial charge in [0.25, 0.3) is 0 Å². The number of aryl methyl sites for hydroxylation is 1. The van der Waals surface area contributed by atoms with E-state index in [2.05, 4.69) is 15.9 Å². The molecule has 1 heterocycles. The van der Waals surface area contributed by atoms with Gasteiger partial charge in [-0.1, -0.05) is 24.1 Å². The lowest BCUT2D eigenvalue weighted by Gasteiger charge is -2.07. The molecule has 4 nitrogen and oxygen atoms in total. The molecule has 0 bridgehead atoms. The first-order chi connectivity index (χ1) is 8.63. The molecule has 4 heteroatoms. The second-order valence-corrected chi connectivity index (χ2v) is 3.67. The predicted octanol–water partition coefficient (Wildman–Crippen LogP) is 2.13. The van der Waals surface area contributed by atoms with Gasteiger partial charge in [0.15, 0.2) is 0 Å².